The van der Waals surface area contributed by atoms with Crippen molar-refractivity contribution in [1.29, 1.82) is 0 Å². The smallest absolute Gasteiger partial charge is 0.252 e. The molecule has 0 unspecified atom stereocenters. The molecule has 0 amide bonds. The van der Waals surface area contributed by atoms with Crippen LogP contribution in [0.4, 0.5) is 34.1 Å². The first-order valence-electron chi connectivity index (χ1n) is 25.9. The molecule has 2 aliphatic heterocycles. The van der Waals surface area contributed by atoms with E-state index in [4.69, 9.17) is 0 Å². The van der Waals surface area contributed by atoms with E-state index in [0.29, 0.717) is 0 Å². The van der Waals surface area contributed by atoms with E-state index in [-0.39, 0.29) is 50.0 Å². The van der Waals surface area contributed by atoms with E-state index in [1.165, 1.54) is 106 Å². The molecule has 2 heterocycles. The second kappa shape index (κ2) is 13.9. The predicted molar refractivity (Wildman–Crippen MR) is 295 cm³/mol. The van der Waals surface area contributed by atoms with Crippen molar-refractivity contribution in [3.63, 3.8) is 0 Å². The summed E-state index contributed by atoms with van der Waals surface area (Å²) >= 11 is 0. The maximum Gasteiger partial charge on any atom is 0.252 e. The molecule has 0 aromatic heterocycles. The zero-order chi connectivity index (χ0) is 48.8. The summed E-state index contributed by atoms with van der Waals surface area (Å²) in [6.45, 7) is 44.0. The van der Waals surface area contributed by atoms with Crippen molar-refractivity contribution in [3.05, 3.63) is 148 Å². The lowest BCUT2D eigenvalue weighted by Crippen LogP contribution is -2.62. The predicted octanol–water partition coefficient (Wildman–Crippen LogP) is 15.9. The standard InChI is InChI=1S/C65H77BN2/c1-58(2,3)40-24-27-52(43(28-40)39-22-20-19-21-23-39)68-54-35-49-47(63(13,14)38-65(49,17)18)33-51(54)66-50-32-46-48(64(15,16)37-62(46,11)12)34-53(50)67(55-29-41(59(4,5)6)30-56(68)57(55)66)42-25-26-44-45(31-42)61(9,10)36-60(44,7)8/h19-35H,36-38H2,1-18H3. The summed E-state index contributed by atoms with van der Waals surface area (Å²) in [5.41, 5.74) is 26.6. The lowest BCUT2D eigenvalue weighted by atomic mass is 9.33. The van der Waals surface area contributed by atoms with Gasteiger partial charge in [0.25, 0.3) is 6.71 Å². The van der Waals surface area contributed by atoms with Gasteiger partial charge in [-0.2, -0.15) is 0 Å². The molecule has 3 aliphatic carbocycles. The van der Waals surface area contributed by atoms with Crippen molar-refractivity contribution in [1.82, 2.24) is 0 Å². The Labute approximate surface area is 411 Å². The molecule has 0 radical (unpaired) electrons. The molecule has 0 saturated heterocycles. The van der Waals surface area contributed by atoms with Gasteiger partial charge in [-0.05, 0) is 178 Å². The number of nitrogens with zero attached hydrogens (tertiary/aromatic N) is 2. The van der Waals surface area contributed by atoms with Gasteiger partial charge < -0.3 is 9.80 Å². The van der Waals surface area contributed by atoms with Gasteiger partial charge in [0, 0.05) is 34.0 Å². The van der Waals surface area contributed by atoms with Crippen molar-refractivity contribution in [3.8, 4) is 11.1 Å². The average Bonchev–Trinajstić information content (AvgIpc) is 3.63. The summed E-state index contributed by atoms with van der Waals surface area (Å²) in [6, 6.07) is 42.1. The fraction of sp³-hybridized carbons (Fsp3) is 0.446. The molecule has 11 rings (SSSR count). The number of hydrogen-bond acceptors (Lipinski definition) is 2. The van der Waals surface area contributed by atoms with Gasteiger partial charge in [-0.1, -0.05) is 179 Å². The third kappa shape index (κ3) is 6.55. The van der Waals surface area contributed by atoms with E-state index in [2.05, 4.69) is 238 Å². The lowest BCUT2D eigenvalue weighted by Gasteiger charge is -2.46. The SMILES string of the molecule is CC(C)(C)c1ccc(N2c3cc4c(cc3B3c5cc6c(cc5N(c5ccc7c(c5)C(C)(C)CC7(C)C)c5cc(C(C)(C)C)cc2c53)C(C)(C)CC6(C)C)C(C)(C)CC4(C)C)c(-c2ccccc2)c1. The normalized spacial score (nSPS) is 20.4. The summed E-state index contributed by atoms with van der Waals surface area (Å²) in [5, 5.41) is 0. The van der Waals surface area contributed by atoms with Crippen LogP contribution in [-0.2, 0) is 43.3 Å². The zero-order valence-electron chi connectivity index (χ0n) is 44.9. The Bertz CT molecular complexity index is 3120. The largest absolute Gasteiger partial charge is 0.311 e. The minimum absolute atomic E-state index is 0.0127. The molecule has 350 valence electrons. The van der Waals surface area contributed by atoms with E-state index in [1.807, 2.05) is 0 Å². The Morgan fingerprint density at radius 1 is 0.382 bits per heavy atom. The highest BCUT2D eigenvalue weighted by Gasteiger charge is 2.51. The molecule has 0 fully saturated rings. The van der Waals surface area contributed by atoms with Gasteiger partial charge in [0.15, 0.2) is 0 Å². The van der Waals surface area contributed by atoms with E-state index in [1.54, 1.807) is 0 Å². The summed E-state index contributed by atoms with van der Waals surface area (Å²) < 4.78 is 0. The van der Waals surface area contributed by atoms with Gasteiger partial charge >= 0.3 is 0 Å². The molecule has 0 N–H and O–H groups in total. The fourth-order valence-electron chi connectivity index (χ4n) is 15.1. The lowest BCUT2D eigenvalue weighted by molar-refractivity contribution is 0.403. The number of benzene rings is 6. The Kier molecular flexibility index (Phi) is 9.26. The van der Waals surface area contributed by atoms with Crippen LogP contribution in [0.25, 0.3) is 11.1 Å². The number of rotatable bonds is 3. The van der Waals surface area contributed by atoms with Crippen LogP contribution in [0.1, 0.15) is 188 Å². The van der Waals surface area contributed by atoms with Crippen LogP contribution in [0.2, 0.25) is 0 Å². The third-order valence-electron chi connectivity index (χ3n) is 17.7. The molecule has 6 aromatic carbocycles. The molecule has 0 bridgehead atoms. The second-order valence-corrected chi connectivity index (χ2v) is 28.1. The van der Waals surface area contributed by atoms with Crippen molar-refractivity contribution in [2.45, 2.75) is 187 Å². The maximum absolute atomic E-state index is 2.73. The Morgan fingerprint density at radius 3 is 1.32 bits per heavy atom. The van der Waals surface area contributed by atoms with Crippen LogP contribution >= 0.6 is 0 Å². The first-order valence-corrected chi connectivity index (χ1v) is 25.9. The summed E-state index contributed by atoms with van der Waals surface area (Å²) in [4.78, 5) is 5.46. The van der Waals surface area contributed by atoms with E-state index >= 15 is 0 Å². The molecule has 0 spiro atoms. The highest BCUT2D eigenvalue weighted by Crippen LogP contribution is 2.57. The second-order valence-electron chi connectivity index (χ2n) is 28.1. The molecule has 0 atom stereocenters. The molecule has 0 saturated carbocycles. The summed E-state index contributed by atoms with van der Waals surface area (Å²) in [5.74, 6) is 0. The highest BCUT2D eigenvalue weighted by molar-refractivity contribution is 7.00. The van der Waals surface area contributed by atoms with Crippen molar-refractivity contribution in [2.75, 3.05) is 9.80 Å². The molecular formula is C65H77BN2. The van der Waals surface area contributed by atoms with Gasteiger partial charge in [0.2, 0.25) is 0 Å². The Balaban J connectivity index is 1.31. The monoisotopic (exact) mass is 897 g/mol. The van der Waals surface area contributed by atoms with Gasteiger partial charge in [-0.25, -0.2) is 0 Å². The minimum atomic E-state index is -0.116. The van der Waals surface area contributed by atoms with Gasteiger partial charge in [0.05, 0.1) is 5.69 Å². The zero-order valence-corrected chi connectivity index (χ0v) is 44.9. The molecule has 6 aromatic rings. The summed E-state index contributed by atoms with van der Waals surface area (Å²) in [6.07, 6.45) is 3.40. The molecule has 3 heteroatoms. The van der Waals surface area contributed by atoms with Crippen LogP contribution in [0.3, 0.4) is 0 Å². The summed E-state index contributed by atoms with van der Waals surface area (Å²) in [7, 11) is 0. The van der Waals surface area contributed by atoms with E-state index in [0.717, 1.165) is 19.3 Å². The van der Waals surface area contributed by atoms with Crippen molar-refractivity contribution >= 4 is 57.2 Å². The number of fused-ring (bicyclic) bond motifs is 7. The minimum Gasteiger partial charge on any atom is -0.311 e. The number of hydrogen-bond donors (Lipinski definition) is 0. The van der Waals surface area contributed by atoms with Crippen LogP contribution in [0, 0.1) is 0 Å². The van der Waals surface area contributed by atoms with Gasteiger partial charge in [-0.15, -0.1) is 0 Å². The molecule has 5 aliphatic rings. The van der Waals surface area contributed by atoms with Crippen LogP contribution in [0.15, 0.2) is 103 Å². The average molecular weight is 897 g/mol. The van der Waals surface area contributed by atoms with Gasteiger partial charge in [-0.3, -0.25) is 0 Å². The fourth-order valence-corrected chi connectivity index (χ4v) is 15.1. The highest BCUT2D eigenvalue weighted by atomic mass is 15.2. The van der Waals surface area contributed by atoms with E-state index < -0.39 is 0 Å². The first-order chi connectivity index (χ1) is 31.4. The topological polar surface area (TPSA) is 6.48 Å². The van der Waals surface area contributed by atoms with Gasteiger partial charge in [0.1, 0.15) is 0 Å². The quantitative estimate of drug-likeness (QED) is 0.163. The Morgan fingerprint density at radius 2 is 0.824 bits per heavy atom. The van der Waals surface area contributed by atoms with Crippen LogP contribution in [0.5, 0.6) is 0 Å². The first kappa shape index (κ1) is 45.4. The molecular weight excluding hydrogens is 820 g/mol. The molecule has 2 nitrogen and oxygen atoms in total. The third-order valence-corrected chi connectivity index (χ3v) is 17.7. The Hall–Kier alpha value is -5.02. The maximum atomic E-state index is 2.73. The van der Waals surface area contributed by atoms with Crippen molar-refractivity contribution < 1.29 is 0 Å². The van der Waals surface area contributed by atoms with Crippen LogP contribution in [-0.4, -0.2) is 6.71 Å². The molecule has 68 heavy (non-hydrogen) atoms. The number of anilines is 6. The van der Waals surface area contributed by atoms with Crippen molar-refractivity contribution in [2.24, 2.45) is 0 Å². The van der Waals surface area contributed by atoms with Crippen LogP contribution < -0.4 is 26.2 Å². The van der Waals surface area contributed by atoms with E-state index in [9.17, 15) is 0 Å².